The molecule has 0 atom stereocenters. The third-order valence-corrected chi connectivity index (χ3v) is 1.80. The van der Waals surface area contributed by atoms with Gasteiger partial charge >= 0.3 is 0 Å². The molecule has 0 aromatic carbocycles. The number of halogens is 1. The van der Waals surface area contributed by atoms with Gasteiger partial charge in [0.15, 0.2) is 0 Å². The lowest BCUT2D eigenvalue weighted by Crippen LogP contribution is -2.48. The number of amides is 1. The van der Waals surface area contributed by atoms with Gasteiger partial charge in [-0.15, -0.1) is 12.4 Å². The molecule has 0 radical (unpaired) electrons. The van der Waals surface area contributed by atoms with E-state index in [0.717, 1.165) is 26.1 Å². The first kappa shape index (κ1) is 11.7. The molecule has 0 aromatic rings. The Bertz CT molecular complexity index is 143. The molecular formula is C7H16ClN3O. The number of carbonyl (C=O) groups is 1. The molecule has 0 aliphatic carbocycles. The summed E-state index contributed by atoms with van der Waals surface area (Å²) in [6.07, 6.45) is 0.979. The van der Waals surface area contributed by atoms with Crippen molar-refractivity contribution in [3.63, 3.8) is 0 Å². The summed E-state index contributed by atoms with van der Waals surface area (Å²) in [4.78, 5) is 13.0. The molecule has 0 bridgehead atoms. The van der Waals surface area contributed by atoms with Crippen molar-refractivity contribution in [2.24, 2.45) is 5.73 Å². The highest BCUT2D eigenvalue weighted by Gasteiger charge is 2.14. The summed E-state index contributed by atoms with van der Waals surface area (Å²) in [5.74, 6) is 0.133. The molecule has 5 heteroatoms. The van der Waals surface area contributed by atoms with Crippen LogP contribution in [0.4, 0.5) is 0 Å². The monoisotopic (exact) mass is 193 g/mol. The Kier molecular flexibility index (Phi) is 6.06. The SMILES string of the molecule is Cl.NCCCN1CCNC(=O)C1. The quantitative estimate of drug-likeness (QED) is 0.617. The number of nitrogens with zero attached hydrogens (tertiary/aromatic N) is 1. The second kappa shape index (κ2) is 6.22. The van der Waals surface area contributed by atoms with Crippen LogP contribution in [0.2, 0.25) is 0 Å². The number of nitrogens with two attached hydrogens (primary N) is 1. The van der Waals surface area contributed by atoms with Gasteiger partial charge in [-0.1, -0.05) is 0 Å². The van der Waals surface area contributed by atoms with Gasteiger partial charge in [-0.3, -0.25) is 9.69 Å². The average molecular weight is 194 g/mol. The highest BCUT2D eigenvalue weighted by molar-refractivity contribution is 5.85. The second-order valence-corrected chi connectivity index (χ2v) is 2.77. The maximum Gasteiger partial charge on any atom is 0.234 e. The van der Waals surface area contributed by atoms with E-state index in [2.05, 4.69) is 10.2 Å². The highest BCUT2D eigenvalue weighted by Crippen LogP contribution is 1.93. The Labute approximate surface area is 78.9 Å². The van der Waals surface area contributed by atoms with E-state index < -0.39 is 0 Å². The largest absolute Gasteiger partial charge is 0.354 e. The molecule has 1 aliphatic rings. The van der Waals surface area contributed by atoms with Gasteiger partial charge in [0.25, 0.3) is 0 Å². The van der Waals surface area contributed by atoms with E-state index in [1.54, 1.807) is 0 Å². The number of piperazine rings is 1. The predicted molar refractivity (Wildman–Crippen MR) is 50.4 cm³/mol. The van der Waals surface area contributed by atoms with E-state index in [1.165, 1.54) is 0 Å². The van der Waals surface area contributed by atoms with Crippen LogP contribution in [0, 0.1) is 0 Å². The lowest BCUT2D eigenvalue weighted by Gasteiger charge is -2.25. The van der Waals surface area contributed by atoms with Crippen molar-refractivity contribution in [2.75, 3.05) is 32.7 Å². The van der Waals surface area contributed by atoms with Gasteiger partial charge in [-0.2, -0.15) is 0 Å². The standard InChI is InChI=1S/C7H15N3O.ClH/c8-2-1-4-10-5-3-9-7(11)6-10;/h1-6,8H2,(H,9,11);1H. The van der Waals surface area contributed by atoms with E-state index in [1.807, 2.05) is 0 Å². The first-order chi connectivity index (χ1) is 5.33. The fraction of sp³-hybridized carbons (Fsp3) is 0.857. The van der Waals surface area contributed by atoms with Crippen LogP contribution in [0.5, 0.6) is 0 Å². The number of rotatable bonds is 3. The molecule has 1 aliphatic heterocycles. The molecule has 1 heterocycles. The van der Waals surface area contributed by atoms with Gasteiger partial charge in [0.05, 0.1) is 6.54 Å². The maximum absolute atomic E-state index is 10.9. The Morgan fingerprint density at radius 1 is 1.58 bits per heavy atom. The molecule has 12 heavy (non-hydrogen) atoms. The topological polar surface area (TPSA) is 58.4 Å². The minimum absolute atomic E-state index is 0. The van der Waals surface area contributed by atoms with Crippen LogP contribution < -0.4 is 11.1 Å². The van der Waals surface area contributed by atoms with E-state index >= 15 is 0 Å². The zero-order chi connectivity index (χ0) is 8.10. The molecule has 1 fully saturated rings. The molecule has 1 saturated heterocycles. The summed E-state index contributed by atoms with van der Waals surface area (Å²) in [6, 6.07) is 0. The molecule has 3 N–H and O–H groups in total. The molecule has 1 rings (SSSR count). The third kappa shape index (κ3) is 3.90. The summed E-state index contributed by atoms with van der Waals surface area (Å²) >= 11 is 0. The Morgan fingerprint density at radius 3 is 2.92 bits per heavy atom. The van der Waals surface area contributed by atoms with Gasteiger partial charge in [-0.05, 0) is 19.5 Å². The van der Waals surface area contributed by atoms with E-state index in [4.69, 9.17) is 5.73 Å². The third-order valence-electron chi connectivity index (χ3n) is 1.80. The second-order valence-electron chi connectivity index (χ2n) is 2.77. The number of hydrogen-bond acceptors (Lipinski definition) is 3. The number of nitrogens with one attached hydrogen (secondary N) is 1. The zero-order valence-electron chi connectivity index (χ0n) is 7.08. The minimum Gasteiger partial charge on any atom is -0.354 e. The summed E-state index contributed by atoms with van der Waals surface area (Å²) < 4.78 is 0. The first-order valence-corrected chi connectivity index (χ1v) is 4.02. The maximum atomic E-state index is 10.9. The molecule has 0 aromatic heterocycles. The Balaban J connectivity index is 0.00000121. The molecule has 72 valence electrons. The molecule has 0 unspecified atom stereocenters. The van der Waals surface area contributed by atoms with E-state index in [0.29, 0.717) is 13.1 Å². The predicted octanol–water partition coefficient (Wildman–Crippen LogP) is -0.811. The fourth-order valence-corrected chi connectivity index (χ4v) is 1.20. The molecule has 1 amide bonds. The van der Waals surface area contributed by atoms with E-state index in [-0.39, 0.29) is 18.3 Å². The van der Waals surface area contributed by atoms with Crippen molar-refractivity contribution in [3.8, 4) is 0 Å². The number of carbonyl (C=O) groups excluding carboxylic acids is 1. The van der Waals surface area contributed by atoms with Crippen molar-refractivity contribution in [3.05, 3.63) is 0 Å². The molecule has 4 nitrogen and oxygen atoms in total. The van der Waals surface area contributed by atoms with Gasteiger partial charge in [0.2, 0.25) is 5.91 Å². The van der Waals surface area contributed by atoms with Gasteiger partial charge in [0, 0.05) is 13.1 Å². The molecule has 0 spiro atoms. The average Bonchev–Trinajstić information content (AvgIpc) is 2.01. The first-order valence-electron chi connectivity index (χ1n) is 4.02. The van der Waals surface area contributed by atoms with Crippen LogP contribution in [0.1, 0.15) is 6.42 Å². The van der Waals surface area contributed by atoms with Crippen molar-refractivity contribution in [1.29, 1.82) is 0 Å². The van der Waals surface area contributed by atoms with Crippen LogP contribution in [0.25, 0.3) is 0 Å². The lowest BCUT2D eigenvalue weighted by molar-refractivity contribution is -0.124. The summed E-state index contributed by atoms with van der Waals surface area (Å²) in [7, 11) is 0. The van der Waals surface area contributed by atoms with Crippen molar-refractivity contribution in [2.45, 2.75) is 6.42 Å². The van der Waals surface area contributed by atoms with Crippen LogP contribution >= 0.6 is 12.4 Å². The summed E-state index contributed by atoms with van der Waals surface area (Å²) in [5, 5.41) is 2.78. The van der Waals surface area contributed by atoms with Crippen LogP contribution in [0.15, 0.2) is 0 Å². The summed E-state index contributed by atoms with van der Waals surface area (Å²) in [5.41, 5.74) is 5.35. The zero-order valence-corrected chi connectivity index (χ0v) is 7.90. The van der Waals surface area contributed by atoms with Crippen molar-refractivity contribution < 1.29 is 4.79 Å². The fourth-order valence-electron chi connectivity index (χ4n) is 1.20. The highest BCUT2D eigenvalue weighted by atomic mass is 35.5. The van der Waals surface area contributed by atoms with E-state index in [9.17, 15) is 4.79 Å². The van der Waals surface area contributed by atoms with Crippen LogP contribution in [0.3, 0.4) is 0 Å². The molecular weight excluding hydrogens is 178 g/mol. The van der Waals surface area contributed by atoms with Gasteiger partial charge in [0.1, 0.15) is 0 Å². The lowest BCUT2D eigenvalue weighted by atomic mass is 10.3. The smallest absolute Gasteiger partial charge is 0.234 e. The van der Waals surface area contributed by atoms with Gasteiger partial charge < -0.3 is 11.1 Å². The minimum atomic E-state index is 0. The Morgan fingerprint density at radius 2 is 2.33 bits per heavy atom. The van der Waals surface area contributed by atoms with Crippen LogP contribution in [-0.2, 0) is 4.79 Å². The van der Waals surface area contributed by atoms with Crippen LogP contribution in [-0.4, -0.2) is 43.5 Å². The van der Waals surface area contributed by atoms with Crippen molar-refractivity contribution >= 4 is 18.3 Å². The Hall–Kier alpha value is -0.320. The number of hydrogen-bond donors (Lipinski definition) is 2. The molecule has 0 saturated carbocycles. The van der Waals surface area contributed by atoms with Gasteiger partial charge in [-0.25, -0.2) is 0 Å². The normalized spacial score (nSPS) is 18.2. The van der Waals surface area contributed by atoms with Crippen molar-refractivity contribution in [1.82, 2.24) is 10.2 Å². The summed E-state index contributed by atoms with van der Waals surface area (Å²) in [6.45, 7) is 3.94.